The molecule has 0 radical (unpaired) electrons. The molecule has 9 heteroatoms. The van der Waals surface area contributed by atoms with Gasteiger partial charge in [-0.1, -0.05) is 25.2 Å². The Labute approximate surface area is 140 Å². The topological polar surface area (TPSA) is 67.8 Å². The number of hydrogen-bond donors (Lipinski definition) is 1. The molecule has 2 aromatic rings. The highest BCUT2D eigenvalue weighted by Gasteiger charge is 2.19. The van der Waals surface area contributed by atoms with Gasteiger partial charge in [-0.2, -0.15) is 8.78 Å². The van der Waals surface area contributed by atoms with Crippen LogP contribution < -0.4 is 5.32 Å². The van der Waals surface area contributed by atoms with E-state index in [1.165, 1.54) is 29.7 Å². The van der Waals surface area contributed by atoms with Crippen molar-refractivity contribution in [2.45, 2.75) is 43.4 Å². The van der Waals surface area contributed by atoms with Gasteiger partial charge in [-0.05, 0) is 36.7 Å². The largest absolute Gasteiger partial charge is 0.296 e. The van der Waals surface area contributed by atoms with E-state index in [0.717, 1.165) is 17.8 Å². The van der Waals surface area contributed by atoms with Crippen LogP contribution in [0.4, 0.5) is 13.9 Å². The van der Waals surface area contributed by atoms with Gasteiger partial charge in [0.15, 0.2) is 0 Å². The second kappa shape index (κ2) is 8.30. The second-order valence-corrected chi connectivity index (χ2v) is 6.64. The van der Waals surface area contributed by atoms with Crippen LogP contribution in [0.15, 0.2) is 23.4 Å². The summed E-state index contributed by atoms with van der Waals surface area (Å²) in [5.41, 5.74) is 0.0945. The molecule has 2 heterocycles. The molecule has 0 saturated heterocycles. The van der Waals surface area contributed by atoms with Crippen LogP contribution in [-0.2, 0) is 0 Å². The number of rotatable bonds is 7. The molecular weight excluding hydrogens is 342 g/mol. The first kappa shape index (κ1) is 17.7. The minimum absolute atomic E-state index is 0.00951. The Morgan fingerprint density at radius 1 is 1.35 bits per heavy atom. The van der Waals surface area contributed by atoms with E-state index in [1.807, 2.05) is 0 Å². The van der Waals surface area contributed by atoms with Crippen molar-refractivity contribution in [2.24, 2.45) is 0 Å². The quantitative estimate of drug-likeness (QED) is 0.743. The van der Waals surface area contributed by atoms with Gasteiger partial charge in [0.05, 0.1) is 5.56 Å². The number of carbonyl (C=O) groups is 1. The van der Waals surface area contributed by atoms with Gasteiger partial charge in [0.25, 0.3) is 11.7 Å². The molecule has 0 spiro atoms. The number of halogens is 2. The number of pyridine rings is 1. The summed E-state index contributed by atoms with van der Waals surface area (Å²) in [5.74, 6) is -2.85. The maximum absolute atomic E-state index is 12.5. The number of anilines is 1. The van der Waals surface area contributed by atoms with Crippen molar-refractivity contribution >= 4 is 34.1 Å². The highest BCUT2D eigenvalue weighted by atomic mass is 32.2. The number of alkyl halides is 2. The summed E-state index contributed by atoms with van der Waals surface area (Å²) in [7, 11) is 0. The molecule has 0 unspecified atom stereocenters. The van der Waals surface area contributed by atoms with Gasteiger partial charge in [0.2, 0.25) is 5.13 Å². The van der Waals surface area contributed by atoms with E-state index < -0.39 is 11.7 Å². The molecular formula is C14H16F2N4OS2. The molecule has 0 saturated carbocycles. The molecule has 1 N–H and O–H groups in total. The molecule has 23 heavy (non-hydrogen) atoms. The van der Waals surface area contributed by atoms with Gasteiger partial charge in [-0.25, -0.2) is 4.98 Å². The zero-order valence-electron chi connectivity index (χ0n) is 12.6. The monoisotopic (exact) mass is 358 g/mol. The smallest absolute Gasteiger partial charge is 0.290 e. The van der Waals surface area contributed by atoms with Gasteiger partial charge in [-0.15, -0.1) is 10.2 Å². The van der Waals surface area contributed by atoms with Crippen molar-refractivity contribution in [1.82, 2.24) is 15.2 Å². The van der Waals surface area contributed by atoms with Gasteiger partial charge in [0.1, 0.15) is 10.0 Å². The highest BCUT2D eigenvalue weighted by Crippen LogP contribution is 2.30. The maximum atomic E-state index is 12.5. The zero-order valence-corrected chi connectivity index (χ0v) is 14.3. The highest BCUT2D eigenvalue weighted by molar-refractivity contribution is 7.99. The van der Waals surface area contributed by atoms with Crippen LogP contribution in [0.25, 0.3) is 0 Å². The number of aromatic nitrogens is 3. The predicted molar refractivity (Wildman–Crippen MR) is 87.3 cm³/mol. The van der Waals surface area contributed by atoms with E-state index >= 15 is 0 Å². The van der Waals surface area contributed by atoms with Crippen molar-refractivity contribution < 1.29 is 13.6 Å². The lowest BCUT2D eigenvalue weighted by Gasteiger charge is -2.07. The summed E-state index contributed by atoms with van der Waals surface area (Å²) >= 11 is 1.55. The van der Waals surface area contributed by atoms with Crippen LogP contribution in [0, 0.1) is 0 Å². The molecule has 2 rings (SSSR count). The summed E-state index contributed by atoms with van der Waals surface area (Å²) in [4.78, 5) is 16.1. The molecule has 0 aliphatic carbocycles. The van der Waals surface area contributed by atoms with Crippen LogP contribution in [0.1, 0.15) is 48.0 Å². The second-order valence-electron chi connectivity index (χ2n) is 4.65. The normalized spacial score (nSPS) is 11.2. The number of nitrogens with one attached hydrogen (secondary N) is 1. The summed E-state index contributed by atoms with van der Waals surface area (Å²) in [5, 5.41) is 11.8. The molecule has 0 bridgehead atoms. The standard InChI is InChI=1S/C14H16F2N4OS2/c1-3-8(4-2)11-19-20-14(23-11)18-10(21)9-6-5-7-17-12(9)22-13(15)16/h5-8,13H,3-4H2,1-2H3,(H,18,20,21). The van der Waals surface area contributed by atoms with Gasteiger partial charge in [-0.3, -0.25) is 10.1 Å². The van der Waals surface area contributed by atoms with Crippen LogP contribution in [-0.4, -0.2) is 26.8 Å². The Balaban J connectivity index is 2.14. The van der Waals surface area contributed by atoms with E-state index in [1.54, 1.807) is 0 Å². The molecule has 2 aromatic heterocycles. The number of amides is 1. The average molecular weight is 358 g/mol. The van der Waals surface area contributed by atoms with Crippen LogP contribution in [0.2, 0.25) is 0 Å². The Bertz CT molecular complexity index is 662. The number of carbonyl (C=O) groups excluding carboxylic acids is 1. The summed E-state index contributed by atoms with van der Waals surface area (Å²) in [6.45, 7) is 4.13. The fraction of sp³-hybridized carbons (Fsp3) is 0.429. The van der Waals surface area contributed by atoms with Crippen molar-refractivity contribution in [3.8, 4) is 0 Å². The Morgan fingerprint density at radius 2 is 2.09 bits per heavy atom. The molecule has 5 nitrogen and oxygen atoms in total. The first-order chi connectivity index (χ1) is 11.0. The SMILES string of the molecule is CCC(CC)c1nnc(NC(=O)c2cccnc2SC(F)F)s1. The third-order valence-corrected chi connectivity index (χ3v) is 4.94. The van der Waals surface area contributed by atoms with Crippen LogP contribution in [0.3, 0.4) is 0 Å². The molecule has 0 aliphatic rings. The van der Waals surface area contributed by atoms with E-state index in [-0.39, 0.29) is 22.4 Å². The maximum Gasteiger partial charge on any atom is 0.290 e. The molecule has 1 amide bonds. The van der Waals surface area contributed by atoms with E-state index in [0.29, 0.717) is 11.0 Å². The first-order valence-corrected chi connectivity index (χ1v) is 8.79. The molecule has 0 fully saturated rings. The fourth-order valence-electron chi connectivity index (χ4n) is 1.99. The molecule has 0 atom stereocenters. The van der Waals surface area contributed by atoms with Gasteiger partial charge >= 0.3 is 0 Å². The minimum Gasteiger partial charge on any atom is -0.296 e. The summed E-state index contributed by atoms with van der Waals surface area (Å²) < 4.78 is 25.1. The lowest BCUT2D eigenvalue weighted by Crippen LogP contribution is -2.13. The Kier molecular flexibility index (Phi) is 6.40. The third-order valence-electron chi connectivity index (χ3n) is 3.21. The van der Waals surface area contributed by atoms with Gasteiger partial charge in [0, 0.05) is 12.1 Å². The summed E-state index contributed by atoms with van der Waals surface area (Å²) in [6.07, 6.45) is 3.26. The zero-order chi connectivity index (χ0) is 16.8. The molecule has 0 aromatic carbocycles. The first-order valence-electron chi connectivity index (χ1n) is 7.09. The van der Waals surface area contributed by atoms with Crippen molar-refractivity contribution in [3.05, 3.63) is 28.9 Å². The minimum atomic E-state index is -2.64. The average Bonchev–Trinajstić information content (AvgIpc) is 2.96. The Hall–Kier alpha value is -1.61. The van der Waals surface area contributed by atoms with Crippen LogP contribution >= 0.6 is 23.1 Å². The Morgan fingerprint density at radius 3 is 2.74 bits per heavy atom. The molecule has 0 aliphatic heterocycles. The number of thioether (sulfide) groups is 1. The van der Waals surface area contributed by atoms with Crippen molar-refractivity contribution in [1.29, 1.82) is 0 Å². The van der Waals surface area contributed by atoms with Crippen molar-refractivity contribution in [3.63, 3.8) is 0 Å². The predicted octanol–water partition coefficient (Wildman–Crippen LogP) is 4.40. The van der Waals surface area contributed by atoms with E-state index in [4.69, 9.17) is 0 Å². The van der Waals surface area contributed by atoms with Crippen molar-refractivity contribution in [2.75, 3.05) is 5.32 Å². The molecule has 124 valence electrons. The van der Waals surface area contributed by atoms with E-state index in [9.17, 15) is 13.6 Å². The lowest BCUT2D eigenvalue weighted by atomic mass is 10.1. The van der Waals surface area contributed by atoms with Gasteiger partial charge < -0.3 is 0 Å². The number of nitrogens with zero attached hydrogens (tertiary/aromatic N) is 3. The summed E-state index contributed by atoms with van der Waals surface area (Å²) in [6, 6.07) is 2.98. The third kappa shape index (κ3) is 4.68. The fourth-order valence-corrected chi connectivity index (χ4v) is 3.58. The lowest BCUT2D eigenvalue weighted by molar-refractivity contribution is 0.102. The van der Waals surface area contributed by atoms with Crippen LogP contribution in [0.5, 0.6) is 0 Å². The van der Waals surface area contributed by atoms with E-state index in [2.05, 4.69) is 34.3 Å². The number of hydrogen-bond acceptors (Lipinski definition) is 6.